The van der Waals surface area contributed by atoms with Gasteiger partial charge >= 0.3 is 0 Å². The molecular formula is C18H22FNS. The van der Waals surface area contributed by atoms with Crippen molar-refractivity contribution in [3.8, 4) is 0 Å². The highest BCUT2D eigenvalue weighted by Gasteiger charge is 2.15. The number of likely N-dealkylation sites (N-methyl/N-ethyl adjacent to an activating group) is 1. The van der Waals surface area contributed by atoms with Crippen molar-refractivity contribution in [2.45, 2.75) is 31.2 Å². The van der Waals surface area contributed by atoms with Crippen molar-refractivity contribution in [2.75, 3.05) is 12.8 Å². The molecule has 0 aliphatic carbocycles. The molecule has 3 heteroatoms. The van der Waals surface area contributed by atoms with E-state index in [1.54, 1.807) is 23.9 Å². The van der Waals surface area contributed by atoms with Crippen LogP contribution in [0.2, 0.25) is 0 Å². The molecule has 0 aliphatic heterocycles. The number of benzene rings is 2. The van der Waals surface area contributed by atoms with E-state index < -0.39 is 0 Å². The van der Waals surface area contributed by atoms with Gasteiger partial charge in [-0.3, -0.25) is 0 Å². The summed E-state index contributed by atoms with van der Waals surface area (Å²) in [5.74, 6) is -0.166. The van der Waals surface area contributed by atoms with E-state index in [4.69, 9.17) is 0 Å². The van der Waals surface area contributed by atoms with Crippen LogP contribution in [0.15, 0.2) is 47.4 Å². The number of thioether (sulfide) groups is 1. The van der Waals surface area contributed by atoms with Crippen molar-refractivity contribution in [1.82, 2.24) is 5.32 Å². The Kier molecular flexibility index (Phi) is 5.83. The second-order valence-electron chi connectivity index (χ2n) is 5.13. The number of rotatable bonds is 6. The smallest absolute Gasteiger partial charge is 0.123 e. The first-order valence-corrected chi connectivity index (χ1v) is 8.49. The lowest BCUT2D eigenvalue weighted by molar-refractivity contribution is 0.540. The molecule has 112 valence electrons. The standard InChI is InChI=1S/C18H22FNS/c1-4-20-17(16-7-5-6-8-18(16)21-3)12-14-9-10-15(19)11-13(14)2/h5-11,17,20H,4,12H2,1-3H3. The van der Waals surface area contributed by atoms with Crippen LogP contribution >= 0.6 is 11.8 Å². The van der Waals surface area contributed by atoms with E-state index in [9.17, 15) is 4.39 Å². The van der Waals surface area contributed by atoms with Gasteiger partial charge in [-0.25, -0.2) is 4.39 Å². The molecular weight excluding hydrogens is 281 g/mol. The normalized spacial score (nSPS) is 12.4. The molecule has 0 fully saturated rings. The van der Waals surface area contributed by atoms with Gasteiger partial charge in [-0.05, 0) is 61.0 Å². The molecule has 2 aromatic rings. The van der Waals surface area contributed by atoms with Gasteiger partial charge in [0.1, 0.15) is 5.82 Å². The van der Waals surface area contributed by atoms with E-state index in [0.717, 1.165) is 18.5 Å². The summed E-state index contributed by atoms with van der Waals surface area (Å²) in [5, 5.41) is 3.56. The van der Waals surface area contributed by atoms with E-state index in [1.165, 1.54) is 16.0 Å². The Morgan fingerprint density at radius 1 is 1.19 bits per heavy atom. The molecule has 1 nitrogen and oxygen atoms in total. The third-order valence-corrected chi connectivity index (χ3v) is 4.51. The van der Waals surface area contributed by atoms with Gasteiger partial charge < -0.3 is 5.32 Å². The van der Waals surface area contributed by atoms with E-state index in [1.807, 2.05) is 13.0 Å². The monoisotopic (exact) mass is 303 g/mol. The first-order valence-electron chi connectivity index (χ1n) is 7.27. The van der Waals surface area contributed by atoms with Gasteiger partial charge in [0.05, 0.1) is 0 Å². The minimum atomic E-state index is -0.166. The Hall–Kier alpha value is -1.32. The zero-order valence-corrected chi connectivity index (χ0v) is 13.6. The summed E-state index contributed by atoms with van der Waals surface area (Å²) in [6.45, 7) is 5.00. The van der Waals surface area contributed by atoms with Gasteiger partial charge in [0.25, 0.3) is 0 Å². The maximum absolute atomic E-state index is 13.3. The second-order valence-corrected chi connectivity index (χ2v) is 5.98. The van der Waals surface area contributed by atoms with Crippen molar-refractivity contribution < 1.29 is 4.39 Å². The highest BCUT2D eigenvalue weighted by molar-refractivity contribution is 7.98. The molecule has 21 heavy (non-hydrogen) atoms. The summed E-state index contributed by atoms with van der Waals surface area (Å²) in [7, 11) is 0. The van der Waals surface area contributed by atoms with Gasteiger partial charge in [-0.15, -0.1) is 11.8 Å². The summed E-state index contributed by atoms with van der Waals surface area (Å²) in [6.07, 6.45) is 2.97. The third kappa shape index (κ3) is 4.08. The molecule has 0 saturated heterocycles. The summed E-state index contributed by atoms with van der Waals surface area (Å²) in [5.41, 5.74) is 3.52. The van der Waals surface area contributed by atoms with Crippen LogP contribution in [0.25, 0.3) is 0 Å². The van der Waals surface area contributed by atoms with Gasteiger partial charge in [0.2, 0.25) is 0 Å². The van der Waals surface area contributed by atoms with E-state index in [0.29, 0.717) is 0 Å². The second kappa shape index (κ2) is 7.62. The Labute approximate surface area is 131 Å². The summed E-state index contributed by atoms with van der Waals surface area (Å²) in [6, 6.07) is 13.8. The minimum Gasteiger partial charge on any atom is -0.310 e. The number of hydrogen-bond acceptors (Lipinski definition) is 2. The Balaban J connectivity index is 2.30. The molecule has 1 atom stereocenters. The maximum atomic E-state index is 13.3. The maximum Gasteiger partial charge on any atom is 0.123 e. The van der Waals surface area contributed by atoms with Crippen LogP contribution in [-0.4, -0.2) is 12.8 Å². The van der Waals surface area contributed by atoms with Crippen LogP contribution in [0, 0.1) is 12.7 Å². The third-order valence-electron chi connectivity index (χ3n) is 3.69. The van der Waals surface area contributed by atoms with Crippen LogP contribution in [0.5, 0.6) is 0 Å². The van der Waals surface area contributed by atoms with Gasteiger partial charge in [-0.2, -0.15) is 0 Å². The zero-order chi connectivity index (χ0) is 15.2. The predicted molar refractivity (Wildman–Crippen MR) is 89.5 cm³/mol. The van der Waals surface area contributed by atoms with E-state index in [2.05, 4.69) is 42.8 Å². The number of nitrogens with one attached hydrogen (secondary N) is 1. The van der Waals surface area contributed by atoms with Crippen molar-refractivity contribution >= 4 is 11.8 Å². The number of aryl methyl sites for hydroxylation is 1. The molecule has 2 aromatic carbocycles. The van der Waals surface area contributed by atoms with Crippen LogP contribution in [0.1, 0.15) is 29.7 Å². The minimum absolute atomic E-state index is 0.166. The van der Waals surface area contributed by atoms with Crippen LogP contribution in [-0.2, 0) is 6.42 Å². The largest absolute Gasteiger partial charge is 0.310 e. The highest BCUT2D eigenvalue weighted by atomic mass is 32.2. The molecule has 1 N–H and O–H groups in total. The van der Waals surface area contributed by atoms with Crippen LogP contribution in [0.3, 0.4) is 0 Å². The lowest BCUT2D eigenvalue weighted by Gasteiger charge is -2.22. The van der Waals surface area contributed by atoms with Crippen LogP contribution < -0.4 is 5.32 Å². The summed E-state index contributed by atoms with van der Waals surface area (Å²) in [4.78, 5) is 1.29. The summed E-state index contributed by atoms with van der Waals surface area (Å²) >= 11 is 1.77. The molecule has 0 spiro atoms. The topological polar surface area (TPSA) is 12.0 Å². The van der Waals surface area contributed by atoms with Crippen molar-refractivity contribution in [3.05, 3.63) is 65.0 Å². The number of hydrogen-bond donors (Lipinski definition) is 1. The molecule has 0 bridgehead atoms. The molecule has 0 amide bonds. The van der Waals surface area contributed by atoms with Crippen molar-refractivity contribution in [3.63, 3.8) is 0 Å². The average Bonchev–Trinajstić information content (AvgIpc) is 2.49. The molecule has 0 heterocycles. The van der Waals surface area contributed by atoms with E-state index >= 15 is 0 Å². The van der Waals surface area contributed by atoms with Crippen molar-refractivity contribution in [1.29, 1.82) is 0 Å². The average molecular weight is 303 g/mol. The lowest BCUT2D eigenvalue weighted by atomic mass is 9.96. The highest BCUT2D eigenvalue weighted by Crippen LogP contribution is 2.28. The molecule has 0 aromatic heterocycles. The SMILES string of the molecule is CCNC(Cc1ccc(F)cc1C)c1ccccc1SC. The van der Waals surface area contributed by atoms with Gasteiger partial charge in [0.15, 0.2) is 0 Å². The molecule has 2 rings (SSSR count). The molecule has 0 aliphatic rings. The quantitative estimate of drug-likeness (QED) is 0.773. The summed E-state index contributed by atoms with van der Waals surface area (Å²) < 4.78 is 13.3. The van der Waals surface area contributed by atoms with Crippen LogP contribution in [0.4, 0.5) is 4.39 Å². The predicted octanol–water partition coefficient (Wildman–Crippen LogP) is 4.75. The lowest BCUT2D eigenvalue weighted by Crippen LogP contribution is -2.23. The Bertz CT molecular complexity index is 598. The first kappa shape index (κ1) is 16.1. The molecule has 0 saturated carbocycles. The van der Waals surface area contributed by atoms with Gasteiger partial charge in [-0.1, -0.05) is 31.2 Å². The molecule has 0 radical (unpaired) electrons. The van der Waals surface area contributed by atoms with Gasteiger partial charge in [0, 0.05) is 10.9 Å². The zero-order valence-electron chi connectivity index (χ0n) is 12.8. The van der Waals surface area contributed by atoms with Crippen molar-refractivity contribution in [2.24, 2.45) is 0 Å². The fraction of sp³-hybridized carbons (Fsp3) is 0.333. The molecule has 1 unspecified atom stereocenters. The van der Waals surface area contributed by atoms with E-state index in [-0.39, 0.29) is 11.9 Å². The Morgan fingerprint density at radius 2 is 1.95 bits per heavy atom. The fourth-order valence-corrected chi connectivity index (χ4v) is 3.26. The number of halogens is 1. The fourth-order valence-electron chi connectivity index (χ4n) is 2.60. The Morgan fingerprint density at radius 3 is 2.62 bits per heavy atom. The first-order chi connectivity index (χ1) is 10.2.